The van der Waals surface area contributed by atoms with E-state index in [0.29, 0.717) is 23.9 Å². The fourth-order valence-electron chi connectivity index (χ4n) is 5.81. The van der Waals surface area contributed by atoms with E-state index in [2.05, 4.69) is 31.0 Å². The molecule has 1 aliphatic rings. The number of carbonyl (C=O) groups is 1. The number of nitrogens with zero attached hydrogens (tertiary/aromatic N) is 6. The Morgan fingerprint density at radius 3 is 1.67 bits per heavy atom. The van der Waals surface area contributed by atoms with Gasteiger partial charge in [-0.2, -0.15) is 15.3 Å². The van der Waals surface area contributed by atoms with Gasteiger partial charge >= 0.3 is 75.4 Å². The van der Waals surface area contributed by atoms with Gasteiger partial charge in [-0.1, -0.05) is 24.3 Å². The molecule has 0 radical (unpaired) electrons. The van der Waals surface area contributed by atoms with Crippen molar-refractivity contribution in [2.24, 2.45) is 25.6 Å². The molecule has 336 valence electrons. The zero-order valence-corrected chi connectivity index (χ0v) is 39.3. The topological polar surface area (TPSA) is 441 Å². The van der Waals surface area contributed by atoms with Crippen LogP contribution >= 0.6 is 0 Å². The molecule has 5 aromatic carbocycles. The summed E-state index contributed by atoms with van der Waals surface area (Å²) in [6.45, 7) is 0. The van der Waals surface area contributed by atoms with Gasteiger partial charge in [0.05, 0.1) is 58.5 Å². The second-order valence-corrected chi connectivity index (χ2v) is 18.5. The molecule has 0 atom stereocenters. The van der Waals surface area contributed by atoms with Gasteiger partial charge in [0.1, 0.15) is 57.6 Å². The van der Waals surface area contributed by atoms with Crippen molar-refractivity contribution in [1.82, 2.24) is 0 Å². The minimum atomic E-state index is -5.67. The molecule has 0 bridgehead atoms. The number of nitrogens with one attached hydrogen (secondary N) is 1. The molecular formula is C36H24Li4N10O15S4. The minimum absolute atomic E-state index is 0. The number of fused-ring (bicyclic) bond motifs is 1. The molecule has 1 aliphatic carbocycles. The predicted octanol–water partition coefficient (Wildman–Crippen LogP) is -7.38. The van der Waals surface area contributed by atoms with E-state index >= 15 is 0 Å². The third kappa shape index (κ3) is 14.2. The smallest absolute Gasteiger partial charge is 0.744 e. The maximum absolute atomic E-state index is 13.9. The number of nitrogens with two attached hydrogens (primary N) is 3. The number of Topliss-reactive ketones (excluding diaryl/α,β-unsaturated/α-hetero) is 1. The maximum Gasteiger partial charge on any atom is 1.00 e. The van der Waals surface area contributed by atoms with Crippen molar-refractivity contribution in [3.8, 4) is 0 Å². The molecule has 0 aliphatic heterocycles. The van der Waals surface area contributed by atoms with Gasteiger partial charge < -0.3 is 35.4 Å². The van der Waals surface area contributed by atoms with Crippen molar-refractivity contribution in [3.05, 3.63) is 122 Å². The molecule has 0 saturated carbocycles. The summed E-state index contributed by atoms with van der Waals surface area (Å²) in [4.78, 5) is 19.7. The average molecular weight is 993 g/mol. The summed E-state index contributed by atoms with van der Waals surface area (Å²) in [7, 11) is -21.8. The molecular weight excluding hydrogens is 968 g/mol. The molecule has 69 heavy (non-hydrogen) atoms. The van der Waals surface area contributed by atoms with Crippen LogP contribution in [0.25, 0.3) is 18.2 Å². The van der Waals surface area contributed by atoms with Crippen molar-refractivity contribution < 1.29 is 137 Å². The molecule has 0 saturated heterocycles. The Morgan fingerprint density at radius 1 is 0.594 bits per heavy atom. The Hall–Kier alpha value is -5.25. The molecule has 0 spiro atoms. The van der Waals surface area contributed by atoms with Crippen LogP contribution < -0.4 is 98.1 Å². The normalized spacial score (nSPS) is 13.5. The zero-order chi connectivity index (χ0) is 47.8. The first-order valence-electron chi connectivity index (χ1n) is 17.3. The number of hydrazone groups is 1. The molecule has 0 unspecified atom stereocenters. The zero-order valence-electron chi connectivity index (χ0n) is 36.0. The number of anilines is 4. The Balaban J connectivity index is 0.00000408. The van der Waals surface area contributed by atoms with Crippen LogP contribution in [0, 0.1) is 10.1 Å². The fraction of sp³-hybridized carbons (Fsp3) is 0. The van der Waals surface area contributed by atoms with E-state index in [0.717, 1.165) is 60.7 Å². The summed E-state index contributed by atoms with van der Waals surface area (Å²) in [6, 6.07) is 15.0. The van der Waals surface area contributed by atoms with Gasteiger partial charge in [-0.15, -0.1) is 10.2 Å². The molecule has 0 aromatic heterocycles. The first kappa shape index (κ1) is 59.9. The molecule has 0 fully saturated rings. The van der Waals surface area contributed by atoms with E-state index in [-0.39, 0.29) is 115 Å². The second-order valence-electron chi connectivity index (χ2n) is 13.1. The maximum atomic E-state index is 13.9. The number of azo groups is 2. The van der Waals surface area contributed by atoms with Gasteiger partial charge in [0.25, 0.3) is 5.69 Å². The van der Waals surface area contributed by atoms with Crippen LogP contribution in [0.5, 0.6) is 0 Å². The van der Waals surface area contributed by atoms with Gasteiger partial charge in [-0.25, -0.2) is 33.7 Å². The predicted molar refractivity (Wildman–Crippen MR) is 226 cm³/mol. The Kier molecular flexibility index (Phi) is 20.1. The number of non-ortho nitro benzene ring substituents is 1. The van der Waals surface area contributed by atoms with Crippen LogP contribution in [0.4, 0.5) is 51.2 Å². The first-order chi connectivity index (χ1) is 30.2. The number of rotatable bonds is 13. The molecule has 5 aromatic rings. The fourth-order valence-corrected chi connectivity index (χ4v) is 8.50. The monoisotopic (exact) mass is 992 g/mol. The summed E-state index contributed by atoms with van der Waals surface area (Å²) >= 11 is 0. The number of ketones is 1. The van der Waals surface area contributed by atoms with E-state index in [9.17, 15) is 66.8 Å². The van der Waals surface area contributed by atoms with E-state index < -0.39 is 105 Å². The molecule has 7 N–H and O–H groups in total. The van der Waals surface area contributed by atoms with Crippen molar-refractivity contribution in [2.75, 3.05) is 22.6 Å². The van der Waals surface area contributed by atoms with Crippen LogP contribution in [0.1, 0.15) is 27.0 Å². The second kappa shape index (κ2) is 23.1. The Morgan fingerprint density at radius 2 is 1.13 bits per heavy atom. The van der Waals surface area contributed by atoms with Gasteiger partial charge in [0.2, 0.25) is 5.78 Å². The number of allylic oxidation sites excluding steroid dienone is 1. The van der Waals surface area contributed by atoms with Crippen molar-refractivity contribution >= 4 is 121 Å². The largest absolute Gasteiger partial charge is 1.00 e. The summed E-state index contributed by atoms with van der Waals surface area (Å²) in [6.07, 6.45) is 2.43. The van der Waals surface area contributed by atoms with Crippen LogP contribution in [0.2, 0.25) is 0 Å². The Bertz CT molecular complexity index is 3510. The Labute approximate surface area is 439 Å². The minimum Gasteiger partial charge on any atom is -0.744 e. The summed E-state index contributed by atoms with van der Waals surface area (Å²) in [5.74, 6) is -1.47. The van der Waals surface area contributed by atoms with Gasteiger partial charge in [0.15, 0.2) is 0 Å². The molecule has 6 rings (SSSR count). The quantitative estimate of drug-likeness (QED) is 0.0162. The van der Waals surface area contributed by atoms with Crippen LogP contribution in [-0.2, 0) is 40.5 Å². The standard InChI is InChI=1S/C36H28N10O15S4.4Li/c37-21-5-12-27(26(38)15-21)43-41-23-6-3-18(28(16-23)62(50,51)52)1-2-19-4-7-24(17-29(19)63(53,54)55)42-45-35-31(65(59,60)61)14-20-13-30(64(56,57)58)34(33(39)32(20)36(35)47)44-40-22-8-10-25(11-9-22)46(48)49;;;;/h1-17,42H,37-39H2,(H,50,51,52)(H,53,54,55)(H,56,57,58)(H,59,60,61);;;;/q;4*+1/p-4/b2-1+,43-41?,44-40?,45-35+;;;;. The molecule has 33 heteroatoms. The number of benzene rings is 5. The first-order valence-corrected chi connectivity index (χ1v) is 23.0. The third-order valence-corrected chi connectivity index (χ3v) is 12.3. The molecule has 25 nitrogen and oxygen atoms in total. The van der Waals surface area contributed by atoms with Crippen molar-refractivity contribution in [1.29, 1.82) is 0 Å². The van der Waals surface area contributed by atoms with Crippen LogP contribution in [0.15, 0.2) is 130 Å². The van der Waals surface area contributed by atoms with E-state index in [1.807, 2.05) is 0 Å². The van der Waals surface area contributed by atoms with Gasteiger partial charge in [-0.3, -0.25) is 20.3 Å². The average Bonchev–Trinajstić information content (AvgIpc) is 3.20. The molecule has 0 amide bonds. The third-order valence-electron chi connectivity index (χ3n) is 8.77. The number of nitro benzene ring substituents is 1. The van der Waals surface area contributed by atoms with E-state index in [1.54, 1.807) is 0 Å². The van der Waals surface area contributed by atoms with Crippen molar-refractivity contribution in [3.63, 3.8) is 0 Å². The van der Waals surface area contributed by atoms with Gasteiger partial charge in [0, 0.05) is 17.8 Å². The summed E-state index contributed by atoms with van der Waals surface area (Å²) in [5, 5.41) is 29.8. The number of nitrogen functional groups attached to an aromatic ring is 3. The molecule has 0 heterocycles. The van der Waals surface area contributed by atoms with Crippen LogP contribution in [-0.4, -0.2) is 68.3 Å². The SMILES string of the molecule is Nc1ccc(N=Nc2ccc(/C=C/c3ccc(N/N=C4/C(=O)c5c(cc(S(=O)(=O)[O-])c(N=Nc6ccc([N+](=O)[O-])cc6)c5N)C=C4S(=O)(=O)[O-])cc3S(=O)(=O)[O-])c(S(=O)(=O)[O-])c2)c(N)c1.[Li+].[Li+].[Li+].[Li+]. The number of hydrogen-bond acceptors (Lipinski definition) is 24. The number of carbonyl (C=O) groups excluding carboxylic acids is 1. The summed E-state index contributed by atoms with van der Waals surface area (Å²) in [5.41, 5.74) is 14.4. The van der Waals surface area contributed by atoms with E-state index in [1.165, 1.54) is 24.3 Å². The number of nitro groups is 1. The summed E-state index contributed by atoms with van der Waals surface area (Å²) < 4.78 is 148. The van der Waals surface area contributed by atoms with Crippen molar-refractivity contribution in [2.45, 2.75) is 14.7 Å². The number of hydrogen-bond donors (Lipinski definition) is 4. The van der Waals surface area contributed by atoms with Gasteiger partial charge in [-0.05, 0) is 83.4 Å². The van der Waals surface area contributed by atoms with Crippen LogP contribution in [0.3, 0.4) is 0 Å². The van der Waals surface area contributed by atoms with E-state index in [4.69, 9.17) is 17.2 Å².